The number of aryl methyl sites for hydroxylation is 1. The summed E-state index contributed by atoms with van der Waals surface area (Å²) in [5.41, 5.74) is 1.74. The molecule has 1 aromatic rings. The van der Waals surface area contributed by atoms with E-state index in [0.29, 0.717) is 5.69 Å². The monoisotopic (exact) mass is 204 g/mol. The molecule has 0 bridgehead atoms. The average molecular weight is 204 g/mol. The molecule has 4 nitrogen and oxygen atoms in total. The van der Waals surface area contributed by atoms with E-state index in [-0.39, 0.29) is 18.5 Å². The SMILES string of the molecule is Cc1ccc(N2C(=O)CN(C)C2=O)cc1. The molecule has 0 aliphatic carbocycles. The number of hydrogen-bond donors (Lipinski definition) is 0. The van der Waals surface area contributed by atoms with Gasteiger partial charge >= 0.3 is 6.03 Å². The maximum atomic E-state index is 11.6. The zero-order valence-electron chi connectivity index (χ0n) is 8.73. The highest BCUT2D eigenvalue weighted by Gasteiger charge is 2.34. The van der Waals surface area contributed by atoms with E-state index in [1.165, 1.54) is 9.80 Å². The largest absolute Gasteiger partial charge is 0.331 e. The van der Waals surface area contributed by atoms with Crippen molar-refractivity contribution in [2.75, 3.05) is 18.5 Å². The summed E-state index contributed by atoms with van der Waals surface area (Å²) in [6, 6.07) is 7.07. The van der Waals surface area contributed by atoms with Crippen molar-refractivity contribution < 1.29 is 9.59 Å². The molecular formula is C11H12N2O2. The highest BCUT2D eigenvalue weighted by atomic mass is 16.2. The molecule has 0 N–H and O–H groups in total. The normalized spacial score (nSPS) is 16.4. The van der Waals surface area contributed by atoms with E-state index in [1.54, 1.807) is 19.2 Å². The smallest absolute Gasteiger partial charge is 0.318 e. The predicted octanol–water partition coefficient (Wildman–Crippen LogP) is 1.39. The number of carbonyl (C=O) groups excluding carboxylic acids is 2. The Balaban J connectivity index is 2.35. The van der Waals surface area contributed by atoms with Gasteiger partial charge in [-0.15, -0.1) is 0 Å². The summed E-state index contributed by atoms with van der Waals surface area (Å²) in [6.07, 6.45) is 0. The van der Waals surface area contributed by atoms with E-state index in [9.17, 15) is 9.59 Å². The molecule has 0 radical (unpaired) electrons. The lowest BCUT2D eigenvalue weighted by atomic mass is 10.2. The van der Waals surface area contributed by atoms with Crippen LogP contribution < -0.4 is 4.90 Å². The fourth-order valence-electron chi connectivity index (χ4n) is 1.57. The van der Waals surface area contributed by atoms with Gasteiger partial charge in [-0.3, -0.25) is 4.79 Å². The van der Waals surface area contributed by atoms with Crippen LogP contribution >= 0.6 is 0 Å². The van der Waals surface area contributed by atoms with Crippen LogP contribution in [-0.2, 0) is 4.79 Å². The van der Waals surface area contributed by atoms with Gasteiger partial charge in [-0.25, -0.2) is 9.69 Å². The maximum Gasteiger partial charge on any atom is 0.331 e. The van der Waals surface area contributed by atoms with Crippen LogP contribution in [0.4, 0.5) is 10.5 Å². The van der Waals surface area contributed by atoms with Crippen molar-refractivity contribution in [1.82, 2.24) is 4.90 Å². The van der Waals surface area contributed by atoms with Crippen LogP contribution in [0.15, 0.2) is 24.3 Å². The average Bonchev–Trinajstić information content (AvgIpc) is 2.44. The zero-order chi connectivity index (χ0) is 11.0. The Morgan fingerprint density at radius 3 is 2.20 bits per heavy atom. The number of rotatable bonds is 1. The van der Waals surface area contributed by atoms with E-state index < -0.39 is 0 Å². The van der Waals surface area contributed by atoms with Gasteiger partial charge < -0.3 is 4.90 Å². The van der Waals surface area contributed by atoms with Gasteiger partial charge in [0.15, 0.2) is 0 Å². The number of imide groups is 1. The van der Waals surface area contributed by atoms with Crippen LogP contribution in [0.25, 0.3) is 0 Å². The quantitative estimate of drug-likeness (QED) is 0.649. The Kier molecular flexibility index (Phi) is 2.19. The number of likely N-dealkylation sites (N-methyl/N-ethyl adjacent to an activating group) is 1. The van der Waals surface area contributed by atoms with E-state index >= 15 is 0 Å². The highest BCUT2D eigenvalue weighted by molar-refractivity contribution is 6.19. The van der Waals surface area contributed by atoms with Crippen LogP contribution in [-0.4, -0.2) is 30.4 Å². The van der Waals surface area contributed by atoms with Crippen LogP contribution in [0, 0.1) is 6.92 Å². The van der Waals surface area contributed by atoms with Crippen LogP contribution in [0.3, 0.4) is 0 Å². The third-order valence-corrected chi connectivity index (χ3v) is 2.43. The van der Waals surface area contributed by atoms with E-state index in [0.717, 1.165) is 5.56 Å². The lowest BCUT2D eigenvalue weighted by Crippen LogP contribution is -2.31. The van der Waals surface area contributed by atoms with Crippen molar-refractivity contribution in [3.63, 3.8) is 0 Å². The van der Waals surface area contributed by atoms with Crippen LogP contribution in [0.5, 0.6) is 0 Å². The number of hydrogen-bond acceptors (Lipinski definition) is 2. The fraction of sp³-hybridized carbons (Fsp3) is 0.273. The summed E-state index contributed by atoms with van der Waals surface area (Å²) in [5.74, 6) is -0.175. The second-order valence-corrected chi connectivity index (χ2v) is 3.70. The number of anilines is 1. The van der Waals surface area contributed by atoms with Crippen LogP contribution in [0.1, 0.15) is 5.56 Å². The molecule has 15 heavy (non-hydrogen) atoms. The first kappa shape index (κ1) is 9.71. The lowest BCUT2D eigenvalue weighted by Gasteiger charge is -2.13. The minimum Gasteiger partial charge on any atom is -0.318 e. The minimum absolute atomic E-state index is 0.159. The molecule has 1 aliphatic heterocycles. The Labute approximate surface area is 88.1 Å². The Bertz CT molecular complexity index is 411. The van der Waals surface area contributed by atoms with E-state index in [4.69, 9.17) is 0 Å². The molecule has 2 rings (SSSR count). The molecule has 1 saturated heterocycles. The first-order valence-corrected chi connectivity index (χ1v) is 4.74. The predicted molar refractivity (Wildman–Crippen MR) is 56.7 cm³/mol. The van der Waals surface area contributed by atoms with Gasteiger partial charge in [0.2, 0.25) is 0 Å². The van der Waals surface area contributed by atoms with Gasteiger partial charge in [-0.2, -0.15) is 0 Å². The number of benzene rings is 1. The van der Waals surface area contributed by atoms with Gasteiger partial charge in [0, 0.05) is 7.05 Å². The molecule has 3 amide bonds. The van der Waals surface area contributed by atoms with Gasteiger partial charge in [0.25, 0.3) is 5.91 Å². The summed E-state index contributed by atoms with van der Waals surface area (Å²) in [4.78, 5) is 25.8. The van der Waals surface area contributed by atoms with Crippen molar-refractivity contribution in [2.24, 2.45) is 0 Å². The van der Waals surface area contributed by atoms with Crippen molar-refractivity contribution in [1.29, 1.82) is 0 Å². The van der Waals surface area contributed by atoms with Crippen molar-refractivity contribution >= 4 is 17.6 Å². The van der Waals surface area contributed by atoms with Gasteiger partial charge in [-0.1, -0.05) is 17.7 Å². The summed E-state index contributed by atoms with van der Waals surface area (Å²) < 4.78 is 0. The molecule has 0 atom stereocenters. The standard InChI is InChI=1S/C11H12N2O2/c1-8-3-5-9(6-4-8)13-10(14)7-12(2)11(13)15/h3-6H,7H2,1-2H3. The van der Waals surface area contributed by atoms with Gasteiger partial charge in [-0.05, 0) is 19.1 Å². The van der Waals surface area contributed by atoms with Gasteiger partial charge in [0.05, 0.1) is 5.69 Å². The Hall–Kier alpha value is -1.84. The van der Waals surface area contributed by atoms with Crippen molar-refractivity contribution in [3.8, 4) is 0 Å². The highest BCUT2D eigenvalue weighted by Crippen LogP contribution is 2.20. The molecule has 4 heteroatoms. The second-order valence-electron chi connectivity index (χ2n) is 3.70. The molecule has 1 fully saturated rings. The number of urea groups is 1. The number of carbonyl (C=O) groups is 2. The van der Waals surface area contributed by atoms with Gasteiger partial charge in [0.1, 0.15) is 6.54 Å². The summed E-state index contributed by atoms with van der Waals surface area (Å²) in [7, 11) is 1.62. The maximum absolute atomic E-state index is 11.6. The first-order valence-electron chi connectivity index (χ1n) is 4.74. The molecule has 0 spiro atoms. The molecular weight excluding hydrogens is 192 g/mol. The number of amides is 3. The molecule has 0 saturated carbocycles. The van der Waals surface area contributed by atoms with E-state index in [2.05, 4.69) is 0 Å². The summed E-state index contributed by atoms with van der Waals surface area (Å²) >= 11 is 0. The topological polar surface area (TPSA) is 40.6 Å². The lowest BCUT2D eigenvalue weighted by molar-refractivity contribution is -0.116. The zero-order valence-corrected chi connectivity index (χ0v) is 8.73. The van der Waals surface area contributed by atoms with Crippen molar-refractivity contribution in [2.45, 2.75) is 6.92 Å². The summed E-state index contributed by atoms with van der Waals surface area (Å²) in [6.45, 7) is 2.12. The fourth-order valence-corrected chi connectivity index (χ4v) is 1.57. The molecule has 1 heterocycles. The third kappa shape index (κ3) is 1.58. The minimum atomic E-state index is -0.260. The molecule has 1 aliphatic rings. The number of nitrogens with zero attached hydrogens (tertiary/aromatic N) is 2. The Morgan fingerprint density at radius 1 is 1.13 bits per heavy atom. The third-order valence-electron chi connectivity index (χ3n) is 2.43. The molecule has 1 aromatic carbocycles. The molecule has 0 aromatic heterocycles. The van der Waals surface area contributed by atoms with E-state index in [1.807, 2.05) is 19.1 Å². The first-order chi connectivity index (χ1) is 7.09. The van der Waals surface area contributed by atoms with Crippen molar-refractivity contribution in [3.05, 3.63) is 29.8 Å². The molecule has 0 unspecified atom stereocenters. The van der Waals surface area contributed by atoms with Crippen LogP contribution in [0.2, 0.25) is 0 Å². The second kappa shape index (κ2) is 3.38. The molecule has 78 valence electrons. The summed E-state index contributed by atoms with van der Waals surface area (Å²) in [5, 5.41) is 0. The Morgan fingerprint density at radius 2 is 1.73 bits per heavy atom.